The summed E-state index contributed by atoms with van der Waals surface area (Å²) in [5, 5.41) is 14.1. The van der Waals surface area contributed by atoms with Gasteiger partial charge < -0.3 is 15.7 Å². The summed E-state index contributed by atoms with van der Waals surface area (Å²) < 4.78 is 13.7. The van der Waals surface area contributed by atoms with Crippen LogP contribution >= 0.6 is 15.9 Å². The lowest BCUT2D eigenvalue weighted by molar-refractivity contribution is -0.141. The van der Waals surface area contributed by atoms with E-state index in [2.05, 4.69) is 26.6 Å². The Morgan fingerprint density at radius 2 is 2.10 bits per heavy atom. The predicted molar refractivity (Wildman–Crippen MR) is 75.0 cm³/mol. The zero-order valence-electron chi connectivity index (χ0n) is 10.5. The maximum absolute atomic E-state index is 13.1. The molecule has 3 N–H and O–H groups in total. The lowest BCUT2D eigenvalue weighted by atomic mass is 10.1. The van der Waals surface area contributed by atoms with Gasteiger partial charge in [-0.15, -0.1) is 0 Å². The van der Waals surface area contributed by atoms with E-state index < -0.39 is 23.7 Å². The van der Waals surface area contributed by atoms with Crippen molar-refractivity contribution < 1.29 is 19.1 Å². The van der Waals surface area contributed by atoms with Crippen LogP contribution in [0.1, 0.15) is 19.3 Å². The largest absolute Gasteiger partial charge is 0.481 e. The molecule has 5 nitrogen and oxygen atoms in total. The van der Waals surface area contributed by atoms with Gasteiger partial charge in [-0.2, -0.15) is 0 Å². The fourth-order valence-corrected chi connectivity index (χ4v) is 2.62. The second-order valence-electron chi connectivity index (χ2n) is 4.77. The van der Waals surface area contributed by atoms with E-state index in [1.165, 1.54) is 18.2 Å². The Morgan fingerprint density at radius 3 is 2.75 bits per heavy atom. The molecule has 20 heavy (non-hydrogen) atoms. The van der Waals surface area contributed by atoms with Crippen LogP contribution in [0.2, 0.25) is 0 Å². The van der Waals surface area contributed by atoms with Crippen molar-refractivity contribution in [3.05, 3.63) is 28.5 Å². The fourth-order valence-electron chi connectivity index (χ4n) is 2.27. The summed E-state index contributed by atoms with van der Waals surface area (Å²) in [6, 6.07) is 3.36. The standard InChI is InChI=1S/C13H14BrFN2O3/c14-10-4-2-8(15)6-11(10)17-13(20)16-9-3-1-7(5-9)12(18)19/h2,4,6-7,9H,1,3,5H2,(H,18,19)(H2,16,17,20)/t7-,9+/m1/s1. The molecule has 7 heteroatoms. The van der Waals surface area contributed by atoms with E-state index in [0.717, 1.165) is 0 Å². The number of nitrogens with one attached hydrogen (secondary N) is 2. The van der Waals surface area contributed by atoms with Crippen molar-refractivity contribution >= 4 is 33.6 Å². The molecule has 1 fully saturated rings. The van der Waals surface area contributed by atoms with Crippen LogP contribution in [0.25, 0.3) is 0 Å². The average molecular weight is 345 g/mol. The second-order valence-corrected chi connectivity index (χ2v) is 5.62. The molecule has 0 aliphatic heterocycles. The van der Waals surface area contributed by atoms with E-state index in [1.807, 2.05) is 0 Å². The van der Waals surface area contributed by atoms with Gasteiger partial charge in [-0.05, 0) is 53.4 Å². The summed E-state index contributed by atoms with van der Waals surface area (Å²) in [5.74, 6) is -1.68. The van der Waals surface area contributed by atoms with Gasteiger partial charge in [0.15, 0.2) is 0 Å². The highest BCUT2D eigenvalue weighted by atomic mass is 79.9. The van der Waals surface area contributed by atoms with Crippen LogP contribution in [0, 0.1) is 11.7 Å². The van der Waals surface area contributed by atoms with E-state index in [4.69, 9.17) is 5.11 Å². The Hall–Kier alpha value is -1.63. The van der Waals surface area contributed by atoms with Crippen molar-refractivity contribution in [2.24, 2.45) is 5.92 Å². The van der Waals surface area contributed by atoms with Crippen LogP contribution in [0.3, 0.4) is 0 Å². The first kappa shape index (κ1) is 14.8. The molecule has 1 aromatic rings. The SMILES string of the molecule is O=C(Nc1cc(F)ccc1Br)N[C@H]1CC[C@@H](C(=O)O)C1. The van der Waals surface area contributed by atoms with Crippen LogP contribution in [-0.4, -0.2) is 23.1 Å². The van der Waals surface area contributed by atoms with Gasteiger partial charge in [0.05, 0.1) is 11.6 Å². The first-order valence-electron chi connectivity index (χ1n) is 6.21. The van der Waals surface area contributed by atoms with Crippen molar-refractivity contribution in [1.29, 1.82) is 0 Å². The third kappa shape index (κ3) is 3.69. The lowest BCUT2D eigenvalue weighted by Crippen LogP contribution is -2.36. The number of aliphatic carboxylic acids is 1. The Balaban J connectivity index is 1.90. The minimum atomic E-state index is -0.831. The summed E-state index contributed by atoms with van der Waals surface area (Å²) in [6.45, 7) is 0. The normalized spacial score (nSPS) is 21.5. The summed E-state index contributed by atoms with van der Waals surface area (Å²) in [5.41, 5.74) is 0.329. The molecule has 0 heterocycles. The van der Waals surface area contributed by atoms with Crippen LogP contribution in [0.5, 0.6) is 0 Å². The minimum absolute atomic E-state index is 0.163. The molecule has 0 aromatic heterocycles. The van der Waals surface area contributed by atoms with Crippen LogP contribution < -0.4 is 10.6 Å². The predicted octanol–water partition coefficient (Wildman–Crippen LogP) is 2.96. The van der Waals surface area contributed by atoms with E-state index >= 15 is 0 Å². The average Bonchev–Trinajstić information content (AvgIpc) is 2.82. The van der Waals surface area contributed by atoms with Gasteiger partial charge in [0.25, 0.3) is 0 Å². The number of rotatable bonds is 3. The molecule has 1 aliphatic carbocycles. The van der Waals surface area contributed by atoms with Crippen molar-refractivity contribution in [1.82, 2.24) is 5.32 Å². The molecular formula is C13H14BrFN2O3. The Bertz CT molecular complexity index is 538. The number of carboxylic acids is 1. The van der Waals surface area contributed by atoms with Gasteiger partial charge in [0, 0.05) is 10.5 Å². The quantitative estimate of drug-likeness (QED) is 0.788. The molecule has 0 unspecified atom stereocenters. The Morgan fingerprint density at radius 1 is 1.35 bits per heavy atom. The first-order valence-corrected chi connectivity index (χ1v) is 7.00. The molecule has 0 radical (unpaired) electrons. The molecule has 1 aromatic carbocycles. The molecule has 0 saturated heterocycles. The molecule has 1 saturated carbocycles. The molecule has 1 aliphatic rings. The molecule has 0 spiro atoms. The Kier molecular flexibility index (Phi) is 4.59. The maximum Gasteiger partial charge on any atom is 0.319 e. The van der Waals surface area contributed by atoms with Gasteiger partial charge in [0.2, 0.25) is 0 Å². The molecule has 2 atom stereocenters. The molecule has 2 rings (SSSR count). The number of carbonyl (C=O) groups is 2. The van der Waals surface area contributed by atoms with Gasteiger partial charge in [0.1, 0.15) is 5.82 Å². The van der Waals surface area contributed by atoms with Gasteiger partial charge in [-0.25, -0.2) is 9.18 Å². The lowest BCUT2D eigenvalue weighted by Gasteiger charge is -2.14. The maximum atomic E-state index is 13.1. The van der Waals surface area contributed by atoms with Gasteiger partial charge in [-0.3, -0.25) is 4.79 Å². The summed E-state index contributed by atoms with van der Waals surface area (Å²) in [7, 11) is 0. The van der Waals surface area contributed by atoms with Gasteiger partial charge >= 0.3 is 12.0 Å². The summed E-state index contributed by atoms with van der Waals surface area (Å²) in [6.07, 6.45) is 1.62. The number of anilines is 1. The van der Waals surface area contributed by atoms with Crippen molar-refractivity contribution in [2.75, 3.05) is 5.32 Å². The summed E-state index contributed by atoms with van der Waals surface area (Å²) in [4.78, 5) is 22.6. The number of hydrogen-bond donors (Lipinski definition) is 3. The summed E-state index contributed by atoms with van der Waals surface area (Å²) >= 11 is 3.21. The minimum Gasteiger partial charge on any atom is -0.481 e. The molecular weight excluding hydrogens is 331 g/mol. The number of benzene rings is 1. The van der Waals surface area contributed by atoms with E-state index in [9.17, 15) is 14.0 Å². The number of carboxylic acid groups (broad SMARTS) is 1. The molecule has 108 valence electrons. The Labute approximate surface area is 123 Å². The number of urea groups is 1. The fraction of sp³-hybridized carbons (Fsp3) is 0.385. The number of hydrogen-bond acceptors (Lipinski definition) is 2. The van der Waals surface area contributed by atoms with Crippen molar-refractivity contribution in [3.63, 3.8) is 0 Å². The second kappa shape index (κ2) is 6.21. The third-order valence-corrected chi connectivity index (χ3v) is 3.99. The first-order chi connectivity index (χ1) is 9.45. The van der Waals surface area contributed by atoms with Gasteiger partial charge in [-0.1, -0.05) is 0 Å². The zero-order chi connectivity index (χ0) is 14.7. The number of carbonyl (C=O) groups excluding carboxylic acids is 1. The van der Waals surface area contributed by atoms with E-state index in [0.29, 0.717) is 29.4 Å². The highest BCUT2D eigenvalue weighted by molar-refractivity contribution is 9.10. The van der Waals surface area contributed by atoms with Crippen LogP contribution in [0.15, 0.2) is 22.7 Å². The van der Waals surface area contributed by atoms with E-state index in [1.54, 1.807) is 0 Å². The highest BCUT2D eigenvalue weighted by Gasteiger charge is 2.30. The monoisotopic (exact) mass is 344 g/mol. The van der Waals surface area contributed by atoms with Crippen molar-refractivity contribution in [2.45, 2.75) is 25.3 Å². The highest BCUT2D eigenvalue weighted by Crippen LogP contribution is 2.26. The van der Waals surface area contributed by atoms with Crippen molar-refractivity contribution in [3.8, 4) is 0 Å². The number of halogens is 2. The van der Waals surface area contributed by atoms with Crippen LogP contribution in [0.4, 0.5) is 14.9 Å². The van der Waals surface area contributed by atoms with E-state index in [-0.39, 0.29) is 6.04 Å². The number of amides is 2. The van der Waals surface area contributed by atoms with Crippen LogP contribution in [-0.2, 0) is 4.79 Å². The topological polar surface area (TPSA) is 78.4 Å². The third-order valence-electron chi connectivity index (χ3n) is 3.29. The molecule has 0 bridgehead atoms. The smallest absolute Gasteiger partial charge is 0.319 e. The molecule has 2 amide bonds. The zero-order valence-corrected chi connectivity index (χ0v) is 12.1.